The van der Waals surface area contributed by atoms with Crippen molar-refractivity contribution in [2.45, 2.75) is 261 Å². The van der Waals surface area contributed by atoms with E-state index in [4.69, 9.17) is 0 Å². The van der Waals surface area contributed by atoms with E-state index in [-0.39, 0.29) is 0 Å². The first-order chi connectivity index (χ1) is 33.1. The van der Waals surface area contributed by atoms with Crippen molar-refractivity contribution in [1.29, 1.82) is 0 Å². The number of hydrogen-bond acceptors (Lipinski definition) is 6. The summed E-state index contributed by atoms with van der Waals surface area (Å²) in [4.78, 5) is 2.56. The number of phenols is 3. The zero-order valence-corrected chi connectivity index (χ0v) is 45.6. The van der Waals surface area contributed by atoms with Crippen molar-refractivity contribution in [3.05, 3.63) is 88.0 Å². The normalized spacial score (nSPS) is 11.1. The molecule has 6 heteroatoms. The molecule has 5 N–H and O–H groups in total. The molecule has 3 rings (SSSR count). The highest BCUT2D eigenvalue weighted by Crippen LogP contribution is 2.22. The van der Waals surface area contributed by atoms with Gasteiger partial charge in [0.25, 0.3) is 0 Å². The Bertz CT molecular complexity index is 1560. The number of hydrogen-bond donors (Lipinski definition) is 5. The van der Waals surface area contributed by atoms with Crippen LogP contribution in [0.3, 0.4) is 0 Å². The van der Waals surface area contributed by atoms with Gasteiger partial charge in [0.1, 0.15) is 17.2 Å². The maximum Gasteiger partial charge on any atom is 0.120 e. The van der Waals surface area contributed by atoms with Gasteiger partial charge in [-0.1, -0.05) is 231 Å². The van der Waals surface area contributed by atoms with Crippen LogP contribution in [0.5, 0.6) is 17.2 Å². The van der Waals surface area contributed by atoms with Crippen molar-refractivity contribution in [2.75, 3.05) is 26.2 Å². The minimum absolute atomic E-state index is 0.397. The molecule has 0 aliphatic heterocycles. The minimum atomic E-state index is 0.397. The van der Waals surface area contributed by atoms with Crippen molar-refractivity contribution in [2.24, 2.45) is 0 Å². The van der Waals surface area contributed by atoms with Gasteiger partial charge in [0, 0.05) is 36.3 Å². The Morgan fingerprint density at radius 3 is 0.941 bits per heavy atom. The third-order valence-electron chi connectivity index (χ3n) is 13.3. The molecule has 0 spiro atoms. The first-order valence-electron chi connectivity index (χ1n) is 28.6. The lowest BCUT2D eigenvalue weighted by molar-refractivity contribution is 0.249. The van der Waals surface area contributed by atoms with Crippen LogP contribution >= 0.6 is 0 Å². The Hall–Kier alpha value is -3.06. The van der Waals surface area contributed by atoms with E-state index in [2.05, 4.69) is 61.4 Å². The van der Waals surface area contributed by atoms with Crippen molar-refractivity contribution in [3.63, 3.8) is 0 Å². The molecule has 0 heterocycles. The van der Waals surface area contributed by atoms with Crippen LogP contribution in [0.2, 0.25) is 0 Å². The minimum Gasteiger partial charge on any atom is -0.508 e. The molecule has 3 aromatic carbocycles. The van der Waals surface area contributed by atoms with Crippen molar-refractivity contribution >= 4 is 0 Å². The number of aromatic hydroxyl groups is 3. The summed E-state index contributed by atoms with van der Waals surface area (Å²) in [5.41, 5.74) is 6.39. The highest BCUT2D eigenvalue weighted by atomic mass is 16.3. The second-order valence-electron chi connectivity index (χ2n) is 20.2. The predicted octanol–water partition coefficient (Wildman–Crippen LogP) is 17.9. The summed E-state index contributed by atoms with van der Waals surface area (Å²) in [5, 5.41) is 36.5. The fraction of sp³-hybridized carbons (Fsp3) is 0.710. The molecule has 390 valence electrons. The second kappa shape index (κ2) is 45.1. The van der Waals surface area contributed by atoms with E-state index < -0.39 is 0 Å². The Labute approximate surface area is 421 Å². The average Bonchev–Trinajstić information content (AvgIpc) is 3.32. The van der Waals surface area contributed by atoms with Crippen molar-refractivity contribution in [3.8, 4) is 17.2 Å². The van der Waals surface area contributed by atoms with Gasteiger partial charge in [-0.3, -0.25) is 4.90 Å². The standard InChI is InChI=1S/C26H47NO.C24H43NO.C12H19NO/c1-3-4-5-6-7-8-9-10-11-12-13-14-15-16-17-18-21-27-23-25-20-19-24(2)22-26(25)28;1-4-6-8-10-12-14-18-25(19-15-13-11-9-7-5-2)21-23-17-16-22(3)20-24(23)26;1-3-4-7-13-9-11-6-5-10(2)8-12(11)14/h19-20,22,27-28H,3-18,21,23H2,1-2H3;16-17,20,26H,4-15,18-19,21H2,1-3H3;5-6,8,13-14H,3-4,7,9H2,1-2H3. The number of aryl methyl sites for hydroxylation is 3. The van der Waals surface area contributed by atoms with Gasteiger partial charge in [-0.15, -0.1) is 0 Å². The summed E-state index contributed by atoms with van der Waals surface area (Å²) in [6.45, 7) is 21.8. The third kappa shape index (κ3) is 36.0. The topological polar surface area (TPSA) is 88.0 Å². The number of unbranched alkanes of at least 4 members (excludes halogenated alkanes) is 26. The summed E-state index contributed by atoms with van der Waals surface area (Å²) >= 11 is 0. The molecule has 0 aromatic heterocycles. The van der Waals surface area contributed by atoms with Gasteiger partial charge in [0.05, 0.1) is 0 Å². The van der Waals surface area contributed by atoms with Crippen LogP contribution in [0.25, 0.3) is 0 Å². The molecule has 0 aliphatic carbocycles. The van der Waals surface area contributed by atoms with Gasteiger partial charge in [-0.2, -0.15) is 0 Å². The first-order valence-corrected chi connectivity index (χ1v) is 28.6. The van der Waals surface area contributed by atoms with Crippen molar-refractivity contribution < 1.29 is 15.3 Å². The SMILES string of the molecule is CCCCCCCCCCCCCCCCCCNCc1ccc(C)cc1O.CCCCCCCCN(CCCCCCCC)Cc1ccc(C)cc1O.CCCCNCc1ccc(C)cc1O. The van der Waals surface area contributed by atoms with E-state index in [0.29, 0.717) is 17.2 Å². The van der Waals surface area contributed by atoms with Crippen LogP contribution in [-0.4, -0.2) is 46.4 Å². The quantitative estimate of drug-likeness (QED) is 0.0365. The molecule has 0 unspecified atom stereocenters. The molecular weight excluding hydrogens is 835 g/mol. The number of nitrogens with zero attached hydrogens (tertiary/aromatic N) is 1. The third-order valence-corrected chi connectivity index (χ3v) is 13.3. The fourth-order valence-electron chi connectivity index (χ4n) is 8.74. The largest absolute Gasteiger partial charge is 0.508 e. The van der Waals surface area contributed by atoms with Crippen LogP contribution in [0, 0.1) is 20.8 Å². The molecule has 0 amide bonds. The molecule has 0 radical (unpaired) electrons. The molecular formula is C62H109N3O3. The number of rotatable bonds is 40. The molecule has 0 bridgehead atoms. The number of phenolic OH excluding ortho intramolecular Hbond substituents is 3. The Balaban J connectivity index is 0.000000537. The van der Waals surface area contributed by atoms with Gasteiger partial charge in [0.15, 0.2) is 0 Å². The smallest absolute Gasteiger partial charge is 0.120 e. The Morgan fingerprint density at radius 1 is 0.338 bits per heavy atom. The lowest BCUT2D eigenvalue weighted by Crippen LogP contribution is -2.25. The Kier molecular flexibility index (Phi) is 41.8. The highest BCUT2D eigenvalue weighted by molar-refractivity contribution is 5.37. The number of nitrogens with one attached hydrogen (secondary N) is 2. The summed E-state index contributed by atoms with van der Waals surface area (Å²) in [7, 11) is 0. The molecule has 0 saturated carbocycles. The average molecular weight is 945 g/mol. The van der Waals surface area contributed by atoms with Gasteiger partial charge in [0.2, 0.25) is 0 Å². The molecule has 3 aromatic rings. The summed E-state index contributed by atoms with van der Waals surface area (Å²) in [6, 6.07) is 17.8. The maximum absolute atomic E-state index is 10.3. The van der Waals surface area contributed by atoms with Crippen LogP contribution in [0.4, 0.5) is 0 Å². The summed E-state index contributed by atoms with van der Waals surface area (Å²) < 4.78 is 0. The van der Waals surface area contributed by atoms with E-state index in [1.165, 1.54) is 193 Å². The molecule has 68 heavy (non-hydrogen) atoms. The van der Waals surface area contributed by atoms with Gasteiger partial charge in [-0.05, 0) is 108 Å². The molecule has 0 atom stereocenters. The van der Waals surface area contributed by atoms with Crippen LogP contribution < -0.4 is 10.6 Å². The summed E-state index contributed by atoms with van der Waals surface area (Å²) in [5.74, 6) is 1.27. The Morgan fingerprint density at radius 2 is 0.618 bits per heavy atom. The lowest BCUT2D eigenvalue weighted by Gasteiger charge is -2.23. The number of benzene rings is 3. The van der Waals surface area contributed by atoms with Crippen LogP contribution in [0.1, 0.15) is 254 Å². The van der Waals surface area contributed by atoms with Crippen molar-refractivity contribution in [1.82, 2.24) is 15.5 Å². The van der Waals surface area contributed by atoms with E-state index in [1.807, 2.05) is 51.1 Å². The monoisotopic (exact) mass is 944 g/mol. The van der Waals surface area contributed by atoms with E-state index in [1.54, 1.807) is 6.07 Å². The lowest BCUT2D eigenvalue weighted by atomic mass is 10.0. The predicted molar refractivity (Wildman–Crippen MR) is 298 cm³/mol. The molecule has 6 nitrogen and oxygen atoms in total. The van der Waals surface area contributed by atoms with E-state index in [0.717, 1.165) is 79.2 Å². The molecule has 0 saturated heterocycles. The van der Waals surface area contributed by atoms with Crippen LogP contribution in [0.15, 0.2) is 54.6 Å². The van der Waals surface area contributed by atoms with Gasteiger partial charge < -0.3 is 26.0 Å². The maximum atomic E-state index is 10.3. The zero-order chi connectivity index (χ0) is 49.7. The van der Waals surface area contributed by atoms with Gasteiger partial charge in [-0.25, -0.2) is 0 Å². The van der Waals surface area contributed by atoms with E-state index >= 15 is 0 Å². The first kappa shape index (κ1) is 63.0. The summed E-state index contributed by atoms with van der Waals surface area (Å²) in [6.07, 6.45) is 41.1. The van der Waals surface area contributed by atoms with Crippen LogP contribution in [-0.2, 0) is 19.6 Å². The molecule has 0 fully saturated rings. The molecule has 0 aliphatic rings. The second-order valence-corrected chi connectivity index (χ2v) is 20.2. The van der Waals surface area contributed by atoms with E-state index in [9.17, 15) is 15.3 Å². The zero-order valence-electron chi connectivity index (χ0n) is 45.6. The van der Waals surface area contributed by atoms with Gasteiger partial charge >= 0.3 is 0 Å². The highest BCUT2D eigenvalue weighted by Gasteiger charge is 2.10. The fourth-order valence-corrected chi connectivity index (χ4v) is 8.74.